The summed E-state index contributed by atoms with van der Waals surface area (Å²) in [6, 6.07) is 8.50. The van der Waals surface area contributed by atoms with Gasteiger partial charge in [-0.05, 0) is 56.3 Å². The second-order valence-electron chi connectivity index (χ2n) is 5.07. The predicted molar refractivity (Wildman–Crippen MR) is 74.5 cm³/mol. The van der Waals surface area contributed by atoms with Gasteiger partial charge in [-0.2, -0.15) is 0 Å². The smallest absolute Gasteiger partial charge is 0.115 e. The second-order valence-corrected chi connectivity index (χ2v) is 5.07. The highest BCUT2D eigenvalue weighted by Crippen LogP contribution is 2.27. The van der Waals surface area contributed by atoms with Gasteiger partial charge in [-0.1, -0.05) is 12.1 Å². The summed E-state index contributed by atoms with van der Waals surface area (Å²) in [6.07, 6.45) is 6.08. The third kappa shape index (κ3) is 3.22. The van der Waals surface area contributed by atoms with E-state index < -0.39 is 0 Å². The van der Waals surface area contributed by atoms with Crippen molar-refractivity contribution in [3.05, 3.63) is 29.8 Å². The standard InChI is InChI=1S/C15H23FN2/c16-12-13-6-8-15(9-7-13)18-11-2-1-4-14(18)5-3-10-17/h6-9,14H,1-5,10-12,17H2. The van der Waals surface area contributed by atoms with Gasteiger partial charge in [0.2, 0.25) is 0 Å². The van der Waals surface area contributed by atoms with E-state index in [1.165, 1.54) is 31.4 Å². The Bertz CT molecular complexity index is 350. The molecule has 1 unspecified atom stereocenters. The highest BCUT2D eigenvalue weighted by molar-refractivity contribution is 5.49. The molecule has 1 aromatic rings. The lowest BCUT2D eigenvalue weighted by molar-refractivity contribution is 0.431. The van der Waals surface area contributed by atoms with Crippen molar-refractivity contribution in [3.8, 4) is 0 Å². The third-order valence-electron chi connectivity index (χ3n) is 3.79. The monoisotopic (exact) mass is 250 g/mol. The maximum Gasteiger partial charge on any atom is 0.115 e. The van der Waals surface area contributed by atoms with E-state index >= 15 is 0 Å². The summed E-state index contributed by atoms with van der Waals surface area (Å²) >= 11 is 0. The van der Waals surface area contributed by atoms with E-state index in [4.69, 9.17) is 5.73 Å². The fraction of sp³-hybridized carbons (Fsp3) is 0.600. The molecular formula is C15H23FN2. The van der Waals surface area contributed by atoms with Crippen molar-refractivity contribution >= 4 is 5.69 Å². The molecule has 1 saturated heterocycles. The zero-order chi connectivity index (χ0) is 12.8. The molecule has 0 aromatic heterocycles. The molecule has 0 radical (unpaired) electrons. The lowest BCUT2D eigenvalue weighted by atomic mass is 9.97. The third-order valence-corrected chi connectivity index (χ3v) is 3.79. The molecule has 2 nitrogen and oxygen atoms in total. The summed E-state index contributed by atoms with van der Waals surface area (Å²) in [5, 5.41) is 0. The van der Waals surface area contributed by atoms with Gasteiger partial charge in [-0.15, -0.1) is 0 Å². The number of hydrogen-bond acceptors (Lipinski definition) is 2. The number of alkyl halides is 1. The summed E-state index contributed by atoms with van der Waals surface area (Å²) in [5.41, 5.74) is 7.60. The van der Waals surface area contributed by atoms with Gasteiger partial charge in [0.25, 0.3) is 0 Å². The molecule has 18 heavy (non-hydrogen) atoms. The summed E-state index contributed by atoms with van der Waals surface area (Å²) in [6.45, 7) is 1.51. The van der Waals surface area contributed by atoms with E-state index in [2.05, 4.69) is 17.0 Å². The van der Waals surface area contributed by atoms with Crippen molar-refractivity contribution in [3.63, 3.8) is 0 Å². The Kier molecular flexibility index (Phi) is 5.00. The first-order valence-corrected chi connectivity index (χ1v) is 6.96. The van der Waals surface area contributed by atoms with Gasteiger partial charge >= 0.3 is 0 Å². The molecule has 1 heterocycles. The second kappa shape index (κ2) is 6.74. The number of halogens is 1. The van der Waals surface area contributed by atoms with E-state index in [0.29, 0.717) is 6.04 Å². The molecule has 1 aliphatic rings. The molecule has 1 aliphatic heterocycles. The lowest BCUT2D eigenvalue weighted by Crippen LogP contribution is -2.39. The fourth-order valence-corrected chi connectivity index (χ4v) is 2.77. The van der Waals surface area contributed by atoms with Crippen LogP contribution in [0.25, 0.3) is 0 Å². The van der Waals surface area contributed by atoms with Crippen LogP contribution in [0.4, 0.5) is 10.1 Å². The molecule has 100 valence electrons. The van der Waals surface area contributed by atoms with Gasteiger partial charge in [0.1, 0.15) is 6.67 Å². The number of nitrogens with zero attached hydrogens (tertiary/aromatic N) is 1. The van der Waals surface area contributed by atoms with Crippen molar-refractivity contribution in [2.45, 2.75) is 44.8 Å². The summed E-state index contributed by atoms with van der Waals surface area (Å²) in [4.78, 5) is 2.47. The number of anilines is 1. The van der Waals surface area contributed by atoms with E-state index in [1.54, 1.807) is 0 Å². The molecule has 0 aliphatic carbocycles. The van der Waals surface area contributed by atoms with Gasteiger partial charge in [-0.25, -0.2) is 4.39 Å². The Labute approximate surface area is 109 Å². The van der Waals surface area contributed by atoms with E-state index in [9.17, 15) is 4.39 Å². The minimum absolute atomic E-state index is 0.378. The zero-order valence-electron chi connectivity index (χ0n) is 10.9. The van der Waals surface area contributed by atoms with E-state index in [-0.39, 0.29) is 6.67 Å². The topological polar surface area (TPSA) is 29.3 Å². The largest absolute Gasteiger partial charge is 0.369 e. The maximum atomic E-state index is 12.5. The van der Waals surface area contributed by atoms with Crippen LogP contribution in [0, 0.1) is 0 Å². The average Bonchev–Trinajstić information content (AvgIpc) is 2.45. The van der Waals surface area contributed by atoms with Crippen molar-refractivity contribution in [2.75, 3.05) is 18.0 Å². The van der Waals surface area contributed by atoms with Crippen molar-refractivity contribution in [1.29, 1.82) is 0 Å². The molecule has 0 saturated carbocycles. The summed E-state index contributed by atoms with van der Waals surface area (Å²) in [7, 11) is 0. The van der Waals surface area contributed by atoms with Crippen molar-refractivity contribution in [2.24, 2.45) is 5.73 Å². The number of piperidine rings is 1. The summed E-state index contributed by atoms with van der Waals surface area (Å²) < 4.78 is 12.5. The number of rotatable bonds is 5. The number of benzene rings is 1. The average molecular weight is 250 g/mol. The molecule has 1 fully saturated rings. The molecule has 2 rings (SSSR count). The van der Waals surface area contributed by atoms with E-state index in [1.807, 2.05) is 12.1 Å². The van der Waals surface area contributed by atoms with Crippen LogP contribution in [-0.2, 0) is 6.67 Å². The first-order chi connectivity index (χ1) is 8.85. The van der Waals surface area contributed by atoms with Crippen LogP contribution in [-0.4, -0.2) is 19.1 Å². The maximum absolute atomic E-state index is 12.5. The Morgan fingerprint density at radius 1 is 1.22 bits per heavy atom. The lowest BCUT2D eigenvalue weighted by Gasteiger charge is -2.38. The Morgan fingerprint density at radius 2 is 2.00 bits per heavy atom. The van der Waals surface area contributed by atoms with Gasteiger partial charge in [-0.3, -0.25) is 0 Å². The van der Waals surface area contributed by atoms with Gasteiger partial charge in [0, 0.05) is 18.3 Å². The van der Waals surface area contributed by atoms with Crippen LogP contribution < -0.4 is 10.6 Å². The highest BCUT2D eigenvalue weighted by atomic mass is 19.1. The van der Waals surface area contributed by atoms with Gasteiger partial charge in [0.05, 0.1) is 0 Å². The molecule has 2 N–H and O–H groups in total. The SMILES string of the molecule is NCCCC1CCCCN1c1ccc(CF)cc1. The number of nitrogens with two attached hydrogens (primary N) is 1. The molecule has 1 aromatic carbocycles. The first kappa shape index (κ1) is 13.3. The minimum Gasteiger partial charge on any atom is -0.369 e. The van der Waals surface area contributed by atoms with Crippen LogP contribution in [0.15, 0.2) is 24.3 Å². The molecular weight excluding hydrogens is 227 g/mol. The molecule has 0 spiro atoms. The van der Waals surface area contributed by atoms with Crippen LogP contribution in [0.5, 0.6) is 0 Å². The number of hydrogen-bond donors (Lipinski definition) is 1. The molecule has 0 amide bonds. The Balaban J connectivity index is 2.06. The van der Waals surface area contributed by atoms with Crippen LogP contribution in [0.3, 0.4) is 0 Å². The molecule has 3 heteroatoms. The molecule has 0 bridgehead atoms. The normalized spacial score (nSPS) is 20.1. The van der Waals surface area contributed by atoms with Gasteiger partial charge < -0.3 is 10.6 Å². The van der Waals surface area contributed by atoms with Crippen LogP contribution >= 0.6 is 0 Å². The Morgan fingerprint density at radius 3 is 2.67 bits per heavy atom. The first-order valence-electron chi connectivity index (χ1n) is 6.96. The minimum atomic E-state index is -0.378. The Hall–Kier alpha value is -1.09. The molecule has 1 atom stereocenters. The van der Waals surface area contributed by atoms with Crippen molar-refractivity contribution < 1.29 is 4.39 Å². The highest BCUT2D eigenvalue weighted by Gasteiger charge is 2.21. The quantitative estimate of drug-likeness (QED) is 0.869. The van der Waals surface area contributed by atoms with Gasteiger partial charge in [0.15, 0.2) is 0 Å². The summed E-state index contributed by atoms with van der Waals surface area (Å²) in [5.74, 6) is 0. The van der Waals surface area contributed by atoms with Crippen LogP contribution in [0.2, 0.25) is 0 Å². The van der Waals surface area contributed by atoms with Crippen molar-refractivity contribution in [1.82, 2.24) is 0 Å². The zero-order valence-corrected chi connectivity index (χ0v) is 10.9. The van der Waals surface area contributed by atoms with Crippen LogP contribution in [0.1, 0.15) is 37.7 Å². The van der Waals surface area contributed by atoms with E-state index in [0.717, 1.165) is 25.1 Å². The predicted octanol–water partition coefficient (Wildman–Crippen LogP) is 3.25. The fourth-order valence-electron chi connectivity index (χ4n) is 2.77.